The van der Waals surface area contributed by atoms with E-state index in [2.05, 4.69) is 23.7 Å². The van der Waals surface area contributed by atoms with Gasteiger partial charge in [0.15, 0.2) is 5.82 Å². The highest BCUT2D eigenvalue weighted by Crippen LogP contribution is 2.20. The number of hydrogen-bond acceptors (Lipinski definition) is 4. The first kappa shape index (κ1) is 13.6. The lowest BCUT2D eigenvalue weighted by atomic mass is 10.1. The Morgan fingerprint density at radius 3 is 2.63 bits per heavy atom. The summed E-state index contributed by atoms with van der Waals surface area (Å²) in [4.78, 5) is 20.4. The number of carbonyl (C=O) groups excluding carboxylic acids is 1. The summed E-state index contributed by atoms with van der Waals surface area (Å²) in [6.45, 7) is 7.24. The van der Waals surface area contributed by atoms with Crippen molar-refractivity contribution in [3.8, 4) is 0 Å². The van der Waals surface area contributed by atoms with Crippen LogP contribution in [0.4, 0.5) is 11.5 Å². The maximum Gasteiger partial charge on any atom is 0.222 e. The summed E-state index contributed by atoms with van der Waals surface area (Å²) in [7, 11) is 0. The molecular weight excluding hydrogens is 240 g/mol. The molecule has 5 nitrogen and oxygen atoms in total. The van der Waals surface area contributed by atoms with Crippen molar-refractivity contribution < 1.29 is 4.79 Å². The van der Waals surface area contributed by atoms with Gasteiger partial charge < -0.3 is 15.5 Å². The van der Waals surface area contributed by atoms with E-state index in [0.29, 0.717) is 18.0 Å². The number of aromatic nitrogens is 1. The molecular formula is C14H22N4O. The molecule has 104 valence electrons. The van der Waals surface area contributed by atoms with Gasteiger partial charge in [-0.1, -0.05) is 13.8 Å². The van der Waals surface area contributed by atoms with E-state index in [1.165, 1.54) is 0 Å². The fourth-order valence-corrected chi connectivity index (χ4v) is 2.32. The van der Waals surface area contributed by atoms with Crippen LogP contribution in [0.15, 0.2) is 18.3 Å². The van der Waals surface area contributed by atoms with Crippen molar-refractivity contribution in [1.29, 1.82) is 0 Å². The number of pyridine rings is 1. The quantitative estimate of drug-likeness (QED) is 0.893. The third kappa shape index (κ3) is 3.36. The normalized spacial score (nSPS) is 15.9. The van der Waals surface area contributed by atoms with Crippen LogP contribution in [0.25, 0.3) is 0 Å². The predicted octanol–water partition coefficient (Wildman–Crippen LogP) is 1.36. The Hall–Kier alpha value is -1.78. The molecule has 19 heavy (non-hydrogen) atoms. The third-order valence-corrected chi connectivity index (χ3v) is 3.33. The number of carbonyl (C=O) groups is 1. The maximum absolute atomic E-state index is 12.0. The molecule has 1 saturated heterocycles. The molecule has 1 amide bonds. The molecule has 1 fully saturated rings. The average Bonchev–Trinajstić information content (AvgIpc) is 2.39. The Morgan fingerprint density at radius 2 is 2.05 bits per heavy atom. The zero-order valence-corrected chi connectivity index (χ0v) is 11.7. The van der Waals surface area contributed by atoms with Gasteiger partial charge in [0.2, 0.25) is 5.91 Å². The molecule has 0 atom stereocenters. The molecule has 0 aliphatic carbocycles. The molecule has 0 saturated carbocycles. The van der Waals surface area contributed by atoms with Crippen LogP contribution in [0.5, 0.6) is 0 Å². The van der Waals surface area contributed by atoms with Gasteiger partial charge in [-0.25, -0.2) is 4.98 Å². The Morgan fingerprint density at radius 1 is 1.37 bits per heavy atom. The van der Waals surface area contributed by atoms with Gasteiger partial charge in [-0.2, -0.15) is 0 Å². The van der Waals surface area contributed by atoms with Gasteiger partial charge in [-0.15, -0.1) is 0 Å². The van der Waals surface area contributed by atoms with E-state index < -0.39 is 0 Å². The first-order valence-electron chi connectivity index (χ1n) is 6.81. The lowest BCUT2D eigenvalue weighted by Gasteiger charge is -2.36. The SMILES string of the molecule is CC(C)CC(=O)N1CCN(c2ncccc2N)CC1. The van der Waals surface area contributed by atoms with E-state index in [0.717, 1.165) is 32.0 Å². The van der Waals surface area contributed by atoms with E-state index in [-0.39, 0.29) is 5.91 Å². The second-order valence-electron chi connectivity index (χ2n) is 5.38. The van der Waals surface area contributed by atoms with Crippen molar-refractivity contribution in [1.82, 2.24) is 9.88 Å². The van der Waals surface area contributed by atoms with E-state index >= 15 is 0 Å². The van der Waals surface area contributed by atoms with Crippen LogP contribution in [-0.2, 0) is 4.79 Å². The van der Waals surface area contributed by atoms with Crippen LogP contribution in [0.1, 0.15) is 20.3 Å². The van der Waals surface area contributed by atoms with Crippen LogP contribution >= 0.6 is 0 Å². The molecule has 0 aromatic carbocycles. The Bertz CT molecular complexity index is 439. The highest BCUT2D eigenvalue weighted by molar-refractivity contribution is 5.76. The van der Waals surface area contributed by atoms with E-state index in [1.807, 2.05) is 17.0 Å². The summed E-state index contributed by atoms with van der Waals surface area (Å²) in [5.74, 6) is 1.50. The van der Waals surface area contributed by atoms with Gasteiger partial charge >= 0.3 is 0 Å². The summed E-state index contributed by atoms with van der Waals surface area (Å²) in [5.41, 5.74) is 6.63. The summed E-state index contributed by atoms with van der Waals surface area (Å²) >= 11 is 0. The Balaban J connectivity index is 1.93. The minimum Gasteiger partial charge on any atom is -0.396 e. The van der Waals surface area contributed by atoms with Gasteiger partial charge in [0.25, 0.3) is 0 Å². The van der Waals surface area contributed by atoms with Crippen LogP contribution in [-0.4, -0.2) is 42.0 Å². The second-order valence-corrected chi connectivity index (χ2v) is 5.38. The number of hydrogen-bond donors (Lipinski definition) is 1. The summed E-state index contributed by atoms with van der Waals surface area (Å²) in [5, 5.41) is 0. The molecule has 5 heteroatoms. The molecule has 0 bridgehead atoms. The minimum absolute atomic E-state index is 0.253. The molecule has 2 heterocycles. The average molecular weight is 262 g/mol. The number of rotatable bonds is 3. The smallest absolute Gasteiger partial charge is 0.222 e. The molecule has 2 rings (SSSR count). The van der Waals surface area contributed by atoms with Crippen molar-refractivity contribution >= 4 is 17.4 Å². The van der Waals surface area contributed by atoms with Crippen LogP contribution in [0.2, 0.25) is 0 Å². The number of nitrogens with two attached hydrogens (primary N) is 1. The highest BCUT2D eigenvalue weighted by atomic mass is 16.2. The van der Waals surface area contributed by atoms with E-state index in [1.54, 1.807) is 6.20 Å². The van der Waals surface area contributed by atoms with Crippen LogP contribution in [0.3, 0.4) is 0 Å². The maximum atomic E-state index is 12.0. The monoisotopic (exact) mass is 262 g/mol. The van der Waals surface area contributed by atoms with Gasteiger partial charge in [0.05, 0.1) is 5.69 Å². The minimum atomic E-state index is 0.253. The van der Waals surface area contributed by atoms with Crippen molar-refractivity contribution in [3.63, 3.8) is 0 Å². The molecule has 1 aliphatic heterocycles. The molecule has 1 aromatic rings. The van der Waals surface area contributed by atoms with Gasteiger partial charge in [0.1, 0.15) is 0 Å². The Labute approximate surface area is 114 Å². The van der Waals surface area contributed by atoms with Gasteiger partial charge in [-0.3, -0.25) is 4.79 Å². The number of nitrogen functional groups attached to an aromatic ring is 1. The number of amides is 1. The van der Waals surface area contributed by atoms with Gasteiger partial charge in [0, 0.05) is 38.8 Å². The first-order valence-corrected chi connectivity index (χ1v) is 6.81. The fourth-order valence-electron chi connectivity index (χ4n) is 2.32. The topological polar surface area (TPSA) is 62.5 Å². The molecule has 1 aromatic heterocycles. The lowest BCUT2D eigenvalue weighted by molar-refractivity contribution is -0.132. The van der Waals surface area contributed by atoms with E-state index in [9.17, 15) is 4.79 Å². The van der Waals surface area contributed by atoms with Crippen molar-refractivity contribution in [2.75, 3.05) is 36.8 Å². The second kappa shape index (κ2) is 5.91. The van der Waals surface area contributed by atoms with Crippen molar-refractivity contribution in [2.24, 2.45) is 5.92 Å². The molecule has 0 radical (unpaired) electrons. The lowest BCUT2D eigenvalue weighted by Crippen LogP contribution is -2.49. The molecule has 2 N–H and O–H groups in total. The summed E-state index contributed by atoms with van der Waals surface area (Å²) in [6.07, 6.45) is 2.38. The predicted molar refractivity (Wildman–Crippen MR) is 76.9 cm³/mol. The molecule has 1 aliphatic rings. The zero-order chi connectivity index (χ0) is 13.8. The van der Waals surface area contributed by atoms with Gasteiger partial charge in [-0.05, 0) is 18.1 Å². The zero-order valence-electron chi connectivity index (χ0n) is 11.7. The summed E-state index contributed by atoms with van der Waals surface area (Å²) < 4.78 is 0. The number of nitrogens with zero attached hydrogens (tertiary/aromatic N) is 3. The highest BCUT2D eigenvalue weighted by Gasteiger charge is 2.22. The molecule has 0 spiro atoms. The van der Waals surface area contributed by atoms with Crippen molar-refractivity contribution in [2.45, 2.75) is 20.3 Å². The largest absolute Gasteiger partial charge is 0.396 e. The fraction of sp³-hybridized carbons (Fsp3) is 0.571. The number of piperazine rings is 1. The number of anilines is 2. The Kier molecular flexibility index (Phi) is 4.24. The van der Waals surface area contributed by atoms with E-state index in [4.69, 9.17) is 5.73 Å². The summed E-state index contributed by atoms with van der Waals surface area (Å²) in [6, 6.07) is 3.69. The van der Waals surface area contributed by atoms with Crippen LogP contribution in [0, 0.1) is 5.92 Å². The first-order chi connectivity index (χ1) is 9.08. The molecule has 0 unspecified atom stereocenters. The van der Waals surface area contributed by atoms with Crippen molar-refractivity contribution in [3.05, 3.63) is 18.3 Å². The van der Waals surface area contributed by atoms with Crippen LogP contribution < -0.4 is 10.6 Å². The standard InChI is InChI=1S/C14H22N4O/c1-11(2)10-13(19)17-6-8-18(9-7-17)14-12(15)4-3-5-16-14/h3-5,11H,6-10,15H2,1-2H3. The third-order valence-electron chi connectivity index (χ3n) is 3.33.